The van der Waals surface area contributed by atoms with Gasteiger partial charge in [-0.25, -0.2) is 24.4 Å². The van der Waals surface area contributed by atoms with Gasteiger partial charge in [0, 0.05) is 51.1 Å². The zero-order valence-electron chi connectivity index (χ0n) is 51.4. The Balaban J connectivity index is 0.872. The average molecular weight is 1410 g/mol. The maximum absolute atomic E-state index is 13.8. The molecule has 3 saturated heterocycles. The second-order valence-electron chi connectivity index (χ2n) is 22.9. The van der Waals surface area contributed by atoms with Gasteiger partial charge in [-0.1, -0.05) is 45.0 Å². The topological polar surface area (TPSA) is 533 Å². The van der Waals surface area contributed by atoms with Crippen LogP contribution in [0.3, 0.4) is 0 Å². The van der Waals surface area contributed by atoms with E-state index in [-0.39, 0.29) is 129 Å². The number of urea groups is 1. The lowest BCUT2D eigenvalue weighted by molar-refractivity contribution is -0.140. The number of ether oxygens (including phenoxy) is 5. The number of fused-ring (bicyclic) bond motifs is 4. The van der Waals surface area contributed by atoms with Crippen LogP contribution < -0.4 is 39.0 Å². The summed E-state index contributed by atoms with van der Waals surface area (Å²) in [4.78, 5) is 173. The van der Waals surface area contributed by atoms with Crippen LogP contribution in [0.2, 0.25) is 0 Å². The molecule has 4 aromatic heterocycles. The van der Waals surface area contributed by atoms with Gasteiger partial charge in [0.05, 0.1) is 44.9 Å². The molecule has 1 aromatic carbocycles. The summed E-state index contributed by atoms with van der Waals surface area (Å²) in [6.07, 6.45) is -12.8. The van der Waals surface area contributed by atoms with Crippen molar-refractivity contribution >= 4 is 119 Å². The number of carbonyl (C=O) groups is 8. The summed E-state index contributed by atoms with van der Waals surface area (Å²) in [7, 11) is 1.34. The lowest BCUT2D eigenvalue weighted by atomic mass is 9.87. The van der Waals surface area contributed by atoms with E-state index in [1.54, 1.807) is 38.1 Å². The third-order valence-electron chi connectivity index (χ3n) is 15.5. The summed E-state index contributed by atoms with van der Waals surface area (Å²) >= 11 is 10.8. The fourth-order valence-corrected chi connectivity index (χ4v) is 13.4. The van der Waals surface area contributed by atoms with Gasteiger partial charge in [-0.3, -0.25) is 61.7 Å². The second-order valence-corrected chi connectivity index (χ2v) is 28.4. The highest BCUT2D eigenvalue weighted by atomic mass is 32.5. The van der Waals surface area contributed by atoms with Gasteiger partial charge < -0.3 is 85.5 Å². The number of aliphatic carboxylic acids is 1. The highest BCUT2D eigenvalue weighted by Crippen LogP contribution is 2.54. The minimum Gasteiger partial charge on any atom is -0.481 e. The summed E-state index contributed by atoms with van der Waals surface area (Å²) in [5, 5.41) is 25.8. The number of rotatable bonds is 27. The molecule has 0 bridgehead atoms. The molecule has 0 spiro atoms. The molecule has 95 heavy (non-hydrogen) atoms. The first-order valence-corrected chi connectivity index (χ1v) is 34.7. The van der Waals surface area contributed by atoms with Crippen LogP contribution in [0.1, 0.15) is 89.3 Å². The number of Topliss-reactive ketones (excluding diaryl/α,β-unsaturated/α-hetero) is 3. The normalized spacial score (nSPS) is 24.6. The third kappa shape index (κ3) is 19.3. The molecule has 0 saturated carbocycles. The van der Waals surface area contributed by atoms with Crippen LogP contribution in [0.4, 0.5) is 26.3 Å². The molecule has 3 fully saturated rings. The fraction of sp³-hybridized carbons (Fsp3) is 0.556. The molecule has 14 N–H and O–H groups in total. The number of likely N-dealkylation sites (N-methyl/N-ethyl adjacent to an activating group) is 1. The van der Waals surface area contributed by atoms with Gasteiger partial charge in [-0.15, -0.1) is 0 Å². The summed E-state index contributed by atoms with van der Waals surface area (Å²) < 4.78 is 54.6. The molecule has 4 amide bonds. The molecule has 3 aliphatic heterocycles. The number of carboxylic acids is 1. The fourth-order valence-electron chi connectivity index (χ4n) is 10.5. The summed E-state index contributed by atoms with van der Waals surface area (Å²) in [5.41, 5.74) is 15.7. The molecule has 8 rings (SSSR count). The van der Waals surface area contributed by atoms with Crippen molar-refractivity contribution in [2.45, 2.75) is 134 Å². The minimum atomic E-state index is -4.56. The number of nitrogen functional groups attached to an aromatic ring is 2. The Morgan fingerprint density at radius 2 is 1.37 bits per heavy atom. The molecule has 41 heteroatoms. The Morgan fingerprint density at radius 3 is 1.96 bits per heavy atom. The maximum Gasteiger partial charge on any atom is 0.508 e. The number of aliphatic hydroxyl groups excluding tert-OH is 1. The van der Waals surface area contributed by atoms with E-state index in [1.807, 2.05) is 0 Å². The van der Waals surface area contributed by atoms with E-state index >= 15 is 0 Å². The van der Waals surface area contributed by atoms with Crippen molar-refractivity contribution in [2.75, 3.05) is 51.4 Å². The molecule has 3 aliphatic rings. The van der Waals surface area contributed by atoms with Crippen molar-refractivity contribution < 1.29 is 100 Å². The smallest absolute Gasteiger partial charge is 0.481 e. The van der Waals surface area contributed by atoms with Crippen LogP contribution in [-0.2, 0) is 102 Å². The number of carboxylic acid groups (broad SMARTS) is 1. The molecule has 0 aliphatic carbocycles. The van der Waals surface area contributed by atoms with E-state index in [2.05, 4.69) is 40.5 Å². The number of ketones is 3. The number of nitrogens with two attached hydrogens (primary N) is 3. The maximum atomic E-state index is 13.8. The van der Waals surface area contributed by atoms with E-state index < -0.39 is 141 Å². The van der Waals surface area contributed by atoms with Crippen molar-refractivity contribution in [2.24, 2.45) is 23.5 Å². The standard InChI is InChI=1S/C54H72N14O23P2S2/c1-25(2)30(19-29(69)7-5-9-32(70)26(3)17-36(72)73)45(75)61-31(8-6-14-58-52(57)78)33(71)18-27-10-12-28(13-11-27)20-84-53(79)66(4)15-16-83-54(80)89-42-41-35(88-49(42)68-24-60-38-44(68)63-51(56)65-47(38)77)22-86-92(81,94)90-40-34(21-85-93(82,95)91-41)87-48(39(40)74)67-23-59-37-43(67)62-50(55)64-46(37)76/h10-13,23-26,30-31,34-35,39-42,48-49,74H,5-9,14-22H2,1-4H3,(H,61,75)(H,72,73)(H,81,94)(H,82,95)(H3,57,58,78)(H3,55,62,64,76)(H3,56,63,65,77)/t26?,30-,31-,34+,35+,39+,40+,41+,42+,48+,49+,92?,93?/m0/s1. The zero-order chi connectivity index (χ0) is 69.2. The highest BCUT2D eigenvalue weighted by molar-refractivity contribution is 8.07. The number of aromatic amines is 2. The van der Waals surface area contributed by atoms with Crippen LogP contribution in [0.5, 0.6) is 0 Å². The number of amides is 4. The van der Waals surface area contributed by atoms with Gasteiger partial charge in [-0.2, -0.15) is 9.97 Å². The Hall–Kier alpha value is -7.78. The summed E-state index contributed by atoms with van der Waals surface area (Å²) in [6, 6.07) is 4.65. The SMILES string of the molecule is CC(CC(=O)O)C(=O)CCCC(=O)C[C@H](C(=O)N[C@@H](CCCNC(N)=O)C(=O)Cc1ccc(COC(=O)N(C)CCOC(=O)O[C@@H]2[C@@H]3OP(O)(=S)OC[C@H]4O[C@@H](n5cnc6c(=O)[nH]c(N)nc65)[C@H](O)[C@@H]4OP(O)(=S)OC[C@H]3O[C@H]2n2cnc3c(=O)[nH]c(N)nc32)cc1)C(C)C. The van der Waals surface area contributed by atoms with Gasteiger partial charge in [0.25, 0.3) is 11.1 Å². The number of hydrogen-bond acceptors (Lipinski definition) is 28. The average Bonchev–Trinajstić information content (AvgIpc) is 1.62. The molecule has 5 aromatic rings. The number of nitrogens with one attached hydrogen (secondary N) is 4. The molecule has 3 unspecified atom stereocenters. The van der Waals surface area contributed by atoms with E-state index in [0.29, 0.717) is 11.1 Å². The van der Waals surface area contributed by atoms with Gasteiger partial charge in [0.15, 0.2) is 46.7 Å². The van der Waals surface area contributed by atoms with E-state index in [4.69, 9.17) is 87.7 Å². The van der Waals surface area contributed by atoms with Crippen LogP contribution in [-0.4, -0.2) is 194 Å². The molecule has 518 valence electrons. The molecule has 37 nitrogen and oxygen atoms in total. The highest BCUT2D eigenvalue weighted by Gasteiger charge is 2.55. The van der Waals surface area contributed by atoms with Crippen molar-refractivity contribution in [3.05, 3.63) is 68.8 Å². The number of primary amides is 1. The van der Waals surface area contributed by atoms with E-state index in [0.717, 1.165) is 22.1 Å². The Labute approximate surface area is 548 Å². The summed E-state index contributed by atoms with van der Waals surface area (Å²) in [5.74, 6) is -5.07. The van der Waals surface area contributed by atoms with Crippen LogP contribution in [0.25, 0.3) is 22.3 Å². The third-order valence-corrected chi connectivity index (χ3v) is 18.6. The number of aromatic nitrogens is 8. The van der Waals surface area contributed by atoms with E-state index in [1.165, 1.54) is 18.5 Å². The van der Waals surface area contributed by atoms with Crippen molar-refractivity contribution in [1.82, 2.24) is 54.6 Å². The number of nitrogens with zero attached hydrogens (tertiary/aromatic N) is 7. The molecule has 13 atom stereocenters. The second kappa shape index (κ2) is 31.8. The number of imidazole rings is 2. The number of aliphatic hydroxyl groups is 1. The molecule has 7 heterocycles. The van der Waals surface area contributed by atoms with Crippen molar-refractivity contribution in [3.63, 3.8) is 0 Å². The van der Waals surface area contributed by atoms with Gasteiger partial charge >= 0.3 is 37.7 Å². The van der Waals surface area contributed by atoms with Gasteiger partial charge in [0.2, 0.25) is 17.8 Å². The Morgan fingerprint density at radius 1 is 0.800 bits per heavy atom. The number of anilines is 2. The lowest BCUT2D eigenvalue weighted by Crippen LogP contribution is -2.46. The van der Waals surface area contributed by atoms with Gasteiger partial charge in [0.1, 0.15) is 55.3 Å². The van der Waals surface area contributed by atoms with Gasteiger partial charge in [-0.05, 0) is 59.9 Å². The Bertz CT molecular complexity index is 3890. The van der Waals surface area contributed by atoms with Crippen LogP contribution in [0.15, 0.2) is 46.5 Å². The lowest BCUT2D eigenvalue weighted by Gasteiger charge is -2.31. The molecule has 0 radical (unpaired) electrons. The quantitative estimate of drug-likeness (QED) is 0.0196. The molecular formula is C54H72N14O23P2S2. The number of hydrogen-bond donors (Lipinski definition) is 11. The number of H-pyrrole nitrogens is 2. The number of benzene rings is 1. The predicted molar refractivity (Wildman–Crippen MR) is 335 cm³/mol. The monoisotopic (exact) mass is 1410 g/mol. The van der Waals surface area contributed by atoms with Crippen molar-refractivity contribution in [1.29, 1.82) is 0 Å². The van der Waals surface area contributed by atoms with Crippen LogP contribution in [0, 0.1) is 17.8 Å². The van der Waals surface area contributed by atoms with E-state index in [9.17, 15) is 62.8 Å². The minimum absolute atomic E-state index is 0.00489. The van der Waals surface area contributed by atoms with Crippen molar-refractivity contribution in [3.8, 4) is 0 Å². The first-order chi connectivity index (χ1) is 44.9. The Kier molecular flexibility index (Phi) is 24.5. The molecular weight excluding hydrogens is 1340 g/mol. The first-order valence-electron chi connectivity index (χ1n) is 29.5. The number of carbonyl (C=O) groups excluding carboxylic acids is 7. The first kappa shape index (κ1) is 73.0. The van der Waals surface area contributed by atoms with Crippen LogP contribution >= 0.6 is 13.4 Å². The predicted octanol–water partition coefficient (Wildman–Crippen LogP) is 0.741. The zero-order valence-corrected chi connectivity index (χ0v) is 54.8. The largest absolute Gasteiger partial charge is 0.508 e. The summed E-state index contributed by atoms with van der Waals surface area (Å²) in [6.45, 7) is -6.44.